The maximum absolute atomic E-state index is 13.2. The summed E-state index contributed by atoms with van der Waals surface area (Å²) in [7, 11) is 1.59. The Morgan fingerprint density at radius 1 is 1.10 bits per heavy atom. The zero-order chi connectivity index (χ0) is 28.5. The lowest BCUT2D eigenvalue weighted by Gasteiger charge is -2.18. The number of methoxy groups -OCH3 is 1. The molecule has 8 nitrogen and oxygen atoms in total. The number of aromatic hydroxyl groups is 1. The van der Waals surface area contributed by atoms with Gasteiger partial charge >= 0.3 is 0 Å². The van der Waals surface area contributed by atoms with Crippen molar-refractivity contribution in [3.05, 3.63) is 81.3 Å². The van der Waals surface area contributed by atoms with Crippen molar-refractivity contribution in [1.82, 2.24) is 10.3 Å². The van der Waals surface area contributed by atoms with Crippen LogP contribution in [0.5, 0.6) is 11.5 Å². The van der Waals surface area contributed by atoms with Crippen molar-refractivity contribution < 1.29 is 14.6 Å². The Balaban J connectivity index is 2.01. The molecule has 1 heterocycles. The SMILES string of the molecule is CCCCc1[nH]c(=O)c(/C(C)=N/N=C(\C)CNC(=O)c2ccccc2)c(O)c1-c1cc(C(C)C)ccc1OC. The zero-order valence-electron chi connectivity index (χ0n) is 23.6. The van der Waals surface area contributed by atoms with Crippen molar-refractivity contribution in [3.8, 4) is 22.6 Å². The Labute approximate surface area is 229 Å². The third kappa shape index (κ3) is 7.22. The Hall–Kier alpha value is -4.20. The molecule has 3 rings (SSSR count). The molecule has 0 aliphatic heterocycles. The van der Waals surface area contributed by atoms with E-state index in [1.807, 2.05) is 24.3 Å². The van der Waals surface area contributed by atoms with Crippen LogP contribution < -0.4 is 15.6 Å². The molecule has 0 atom stereocenters. The summed E-state index contributed by atoms with van der Waals surface area (Å²) in [5, 5.41) is 22.7. The number of nitrogens with zero attached hydrogens (tertiary/aromatic N) is 2. The second kappa shape index (κ2) is 13.6. The number of aromatic nitrogens is 1. The van der Waals surface area contributed by atoms with Gasteiger partial charge in [0.1, 0.15) is 17.1 Å². The number of unbranched alkanes of at least 4 members (excludes halogenated alkanes) is 1. The van der Waals surface area contributed by atoms with Crippen molar-refractivity contribution >= 4 is 17.3 Å². The van der Waals surface area contributed by atoms with Crippen LogP contribution in [0.4, 0.5) is 0 Å². The van der Waals surface area contributed by atoms with Crippen molar-refractivity contribution in [3.63, 3.8) is 0 Å². The largest absolute Gasteiger partial charge is 0.506 e. The number of hydrogen-bond donors (Lipinski definition) is 3. The third-order valence-corrected chi connectivity index (χ3v) is 6.48. The first-order valence-corrected chi connectivity index (χ1v) is 13.3. The van der Waals surface area contributed by atoms with Gasteiger partial charge in [-0.3, -0.25) is 9.59 Å². The number of aryl methyl sites for hydroxylation is 1. The molecule has 0 spiro atoms. The summed E-state index contributed by atoms with van der Waals surface area (Å²) in [5.74, 6) is 0.490. The molecule has 0 unspecified atom stereocenters. The van der Waals surface area contributed by atoms with Gasteiger partial charge in [0.2, 0.25) is 0 Å². The number of benzene rings is 2. The molecule has 8 heteroatoms. The molecule has 3 aromatic rings. The van der Waals surface area contributed by atoms with Crippen molar-refractivity contribution in [2.45, 2.75) is 59.8 Å². The maximum Gasteiger partial charge on any atom is 0.261 e. The second-order valence-corrected chi connectivity index (χ2v) is 9.82. The van der Waals surface area contributed by atoms with E-state index >= 15 is 0 Å². The summed E-state index contributed by atoms with van der Waals surface area (Å²) >= 11 is 0. The quantitative estimate of drug-likeness (QED) is 0.213. The molecule has 1 aromatic heterocycles. The topological polar surface area (TPSA) is 116 Å². The molecule has 0 bridgehead atoms. The van der Waals surface area contributed by atoms with Crippen molar-refractivity contribution in [2.24, 2.45) is 10.2 Å². The average Bonchev–Trinajstić information content (AvgIpc) is 2.93. The predicted molar refractivity (Wildman–Crippen MR) is 158 cm³/mol. The summed E-state index contributed by atoms with van der Waals surface area (Å²) < 4.78 is 5.65. The van der Waals surface area contributed by atoms with E-state index in [4.69, 9.17) is 4.74 Å². The van der Waals surface area contributed by atoms with Crippen LogP contribution in [0.3, 0.4) is 0 Å². The normalized spacial score (nSPS) is 12.1. The van der Waals surface area contributed by atoms with Gasteiger partial charge in [0.05, 0.1) is 25.1 Å². The second-order valence-electron chi connectivity index (χ2n) is 9.82. The van der Waals surface area contributed by atoms with Crippen LogP contribution in [0.2, 0.25) is 0 Å². The van der Waals surface area contributed by atoms with Crippen LogP contribution in [-0.4, -0.2) is 41.1 Å². The summed E-state index contributed by atoms with van der Waals surface area (Å²) in [6.07, 6.45) is 2.38. The molecule has 1 amide bonds. The Bertz CT molecular complexity index is 1420. The molecule has 0 aliphatic rings. The predicted octanol–water partition coefficient (Wildman–Crippen LogP) is 5.84. The molecule has 0 fully saturated rings. The minimum absolute atomic E-state index is 0.0483. The number of carbonyl (C=O) groups is 1. The van der Waals surface area contributed by atoms with Gasteiger partial charge in [-0.25, -0.2) is 0 Å². The first-order chi connectivity index (χ1) is 18.7. The lowest BCUT2D eigenvalue weighted by atomic mass is 9.92. The molecule has 3 N–H and O–H groups in total. The Kier molecular flexibility index (Phi) is 10.2. The fourth-order valence-electron chi connectivity index (χ4n) is 4.23. The van der Waals surface area contributed by atoms with E-state index in [2.05, 4.69) is 41.3 Å². The van der Waals surface area contributed by atoms with E-state index in [-0.39, 0.29) is 35.4 Å². The Morgan fingerprint density at radius 2 is 1.82 bits per heavy atom. The van der Waals surface area contributed by atoms with Gasteiger partial charge in [-0.1, -0.05) is 51.5 Å². The van der Waals surface area contributed by atoms with Gasteiger partial charge in [0.25, 0.3) is 11.5 Å². The van der Waals surface area contributed by atoms with Gasteiger partial charge in [0.15, 0.2) is 0 Å². The molecule has 0 radical (unpaired) electrons. The molecular formula is C31H38N4O4. The van der Waals surface area contributed by atoms with Gasteiger partial charge in [-0.15, -0.1) is 0 Å². The minimum atomic E-state index is -0.437. The van der Waals surface area contributed by atoms with Crippen molar-refractivity contribution in [1.29, 1.82) is 0 Å². The highest BCUT2D eigenvalue weighted by Gasteiger charge is 2.23. The zero-order valence-corrected chi connectivity index (χ0v) is 23.6. The minimum Gasteiger partial charge on any atom is -0.506 e. The number of amides is 1. The lowest BCUT2D eigenvalue weighted by Crippen LogP contribution is -2.28. The summed E-state index contributed by atoms with van der Waals surface area (Å²) in [5.41, 5.74) is 3.93. The van der Waals surface area contributed by atoms with E-state index in [9.17, 15) is 14.7 Å². The average molecular weight is 531 g/mol. The molecule has 206 valence electrons. The first kappa shape index (κ1) is 29.4. The van der Waals surface area contributed by atoms with Crippen LogP contribution in [0.15, 0.2) is 63.5 Å². The van der Waals surface area contributed by atoms with Crippen LogP contribution in [0.1, 0.15) is 80.6 Å². The van der Waals surface area contributed by atoms with E-state index in [0.717, 1.165) is 18.4 Å². The number of ether oxygens (including phenoxy) is 1. The molecule has 39 heavy (non-hydrogen) atoms. The van der Waals surface area contributed by atoms with Gasteiger partial charge in [0, 0.05) is 22.4 Å². The maximum atomic E-state index is 13.2. The summed E-state index contributed by atoms with van der Waals surface area (Å²) in [4.78, 5) is 28.5. The number of aromatic amines is 1. The standard InChI is InChI=1S/C31H38N4O4/c1-7-8-14-25-28(24-17-23(19(2)3)15-16-26(24)39-6)29(36)27(31(38)33-25)21(5)35-34-20(4)18-32-30(37)22-12-10-9-11-13-22/h9-13,15-17,19H,7-8,14,18H2,1-6H3,(H,32,37)(H2,33,36,38)/b34-20+,35-21+. The van der Waals surface area contributed by atoms with Gasteiger partial charge < -0.3 is 20.1 Å². The molecular weight excluding hydrogens is 492 g/mol. The van der Waals surface area contributed by atoms with E-state index in [1.54, 1.807) is 45.2 Å². The fourth-order valence-corrected chi connectivity index (χ4v) is 4.23. The number of hydrogen-bond acceptors (Lipinski definition) is 6. The van der Waals surface area contributed by atoms with Crippen molar-refractivity contribution in [2.75, 3.05) is 13.7 Å². The molecule has 0 saturated heterocycles. The third-order valence-electron chi connectivity index (χ3n) is 6.48. The number of rotatable bonds is 11. The number of carbonyl (C=O) groups excluding carboxylic acids is 1. The fraction of sp³-hybridized carbons (Fsp3) is 0.355. The highest BCUT2D eigenvalue weighted by molar-refractivity contribution is 6.03. The van der Waals surface area contributed by atoms with E-state index in [1.165, 1.54) is 0 Å². The van der Waals surface area contributed by atoms with Crippen LogP contribution in [-0.2, 0) is 6.42 Å². The molecule has 0 aliphatic carbocycles. The van der Waals surface area contributed by atoms with Crippen LogP contribution >= 0.6 is 0 Å². The van der Waals surface area contributed by atoms with Crippen LogP contribution in [0.25, 0.3) is 11.1 Å². The summed E-state index contributed by atoms with van der Waals surface area (Å²) in [6.45, 7) is 9.82. The molecule has 0 saturated carbocycles. The Morgan fingerprint density at radius 3 is 2.46 bits per heavy atom. The van der Waals surface area contributed by atoms with Crippen LogP contribution in [0, 0.1) is 0 Å². The van der Waals surface area contributed by atoms with E-state index in [0.29, 0.717) is 40.3 Å². The van der Waals surface area contributed by atoms with Gasteiger partial charge in [-0.2, -0.15) is 10.2 Å². The number of H-pyrrole nitrogens is 1. The van der Waals surface area contributed by atoms with Gasteiger partial charge in [-0.05, 0) is 62.4 Å². The number of nitrogens with one attached hydrogen (secondary N) is 2. The smallest absolute Gasteiger partial charge is 0.261 e. The monoisotopic (exact) mass is 530 g/mol. The number of pyridine rings is 1. The van der Waals surface area contributed by atoms with E-state index < -0.39 is 5.56 Å². The highest BCUT2D eigenvalue weighted by atomic mass is 16.5. The molecule has 2 aromatic carbocycles. The highest BCUT2D eigenvalue weighted by Crippen LogP contribution is 2.40. The first-order valence-electron chi connectivity index (χ1n) is 13.3. The summed E-state index contributed by atoms with van der Waals surface area (Å²) in [6, 6.07) is 14.8. The lowest BCUT2D eigenvalue weighted by molar-refractivity contribution is 0.0959.